The van der Waals surface area contributed by atoms with Crippen molar-refractivity contribution in [1.29, 1.82) is 0 Å². The number of rotatable bonds is 3. The van der Waals surface area contributed by atoms with E-state index in [1.165, 1.54) is 11.5 Å². The summed E-state index contributed by atoms with van der Waals surface area (Å²) in [4.78, 5) is 5.25. The van der Waals surface area contributed by atoms with Gasteiger partial charge in [-0.15, -0.1) is 16.4 Å². The average molecular weight is 226 g/mol. The van der Waals surface area contributed by atoms with Gasteiger partial charge in [0.05, 0.1) is 15.6 Å². The third kappa shape index (κ3) is 1.97. The van der Waals surface area contributed by atoms with Gasteiger partial charge in [0.15, 0.2) is 0 Å². The van der Waals surface area contributed by atoms with Gasteiger partial charge in [-0.05, 0) is 18.5 Å². The molecule has 2 rings (SSSR count). The molecule has 0 saturated heterocycles. The van der Waals surface area contributed by atoms with Crippen LogP contribution in [0.5, 0.6) is 0 Å². The van der Waals surface area contributed by atoms with Crippen LogP contribution in [-0.2, 0) is 6.42 Å². The second-order valence-corrected chi connectivity index (χ2v) is 4.72. The van der Waals surface area contributed by atoms with Gasteiger partial charge in [0, 0.05) is 24.0 Å². The molecule has 2 heterocycles. The third-order valence-electron chi connectivity index (χ3n) is 1.90. The van der Waals surface area contributed by atoms with Crippen LogP contribution < -0.4 is 5.73 Å². The monoisotopic (exact) mass is 226 g/mol. The normalized spacial score (nSPS) is 13.0. The molecule has 0 radical (unpaired) electrons. The molecule has 74 valence electrons. The van der Waals surface area contributed by atoms with Crippen LogP contribution in [0.3, 0.4) is 0 Å². The minimum atomic E-state index is -0.0267. The smallest absolute Gasteiger partial charge is 0.0944 e. The minimum absolute atomic E-state index is 0.0267. The lowest BCUT2D eigenvalue weighted by molar-refractivity contribution is 0.724. The Labute approximate surface area is 90.0 Å². The van der Waals surface area contributed by atoms with Crippen LogP contribution in [0.1, 0.15) is 21.6 Å². The predicted molar refractivity (Wildman–Crippen MR) is 57.4 cm³/mol. The van der Waals surface area contributed by atoms with Crippen LogP contribution in [0.15, 0.2) is 11.6 Å². The first-order valence-corrected chi connectivity index (χ1v) is 5.85. The van der Waals surface area contributed by atoms with Gasteiger partial charge in [-0.25, -0.2) is 4.98 Å². The van der Waals surface area contributed by atoms with Crippen molar-refractivity contribution in [2.75, 3.05) is 0 Å². The van der Waals surface area contributed by atoms with Gasteiger partial charge in [-0.3, -0.25) is 0 Å². The molecule has 0 aliphatic rings. The van der Waals surface area contributed by atoms with Crippen LogP contribution in [0.25, 0.3) is 0 Å². The molecule has 2 aromatic rings. The Morgan fingerprint density at radius 2 is 2.43 bits per heavy atom. The van der Waals surface area contributed by atoms with Gasteiger partial charge in [0.1, 0.15) is 0 Å². The maximum atomic E-state index is 6.03. The van der Waals surface area contributed by atoms with Crippen LogP contribution in [0.2, 0.25) is 0 Å². The Morgan fingerprint density at radius 3 is 3.00 bits per heavy atom. The highest BCUT2D eigenvalue weighted by Gasteiger charge is 2.14. The molecule has 1 atom stereocenters. The average Bonchev–Trinajstić information content (AvgIpc) is 2.75. The molecule has 2 aromatic heterocycles. The zero-order valence-electron chi connectivity index (χ0n) is 7.67. The Balaban J connectivity index is 2.10. The van der Waals surface area contributed by atoms with Gasteiger partial charge in [0.2, 0.25) is 0 Å². The maximum Gasteiger partial charge on any atom is 0.0944 e. The Morgan fingerprint density at radius 1 is 1.57 bits per heavy atom. The summed E-state index contributed by atoms with van der Waals surface area (Å²) >= 11 is 3.00. The second kappa shape index (κ2) is 4.12. The Kier molecular flexibility index (Phi) is 2.85. The molecule has 6 heteroatoms. The largest absolute Gasteiger partial charge is 0.323 e. The van der Waals surface area contributed by atoms with Gasteiger partial charge >= 0.3 is 0 Å². The predicted octanol–water partition coefficient (Wildman–Crippen LogP) is 1.55. The van der Waals surface area contributed by atoms with E-state index in [9.17, 15) is 0 Å². The highest BCUT2D eigenvalue weighted by molar-refractivity contribution is 7.09. The topological polar surface area (TPSA) is 64.7 Å². The first kappa shape index (κ1) is 9.70. The fourth-order valence-corrected chi connectivity index (χ4v) is 2.53. The van der Waals surface area contributed by atoms with Gasteiger partial charge < -0.3 is 5.73 Å². The molecule has 0 fully saturated rings. The molecular weight excluding hydrogens is 216 g/mol. The van der Waals surface area contributed by atoms with Crippen LogP contribution >= 0.6 is 22.9 Å². The van der Waals surface area contributed by atoms with E-state index < -0.39 is 0 Å². The molecular formula is C8H10N4S2. The molecule has 2 N–H and O–H groups in total. The lowest BCUT2D eigenvalue weighted by Gasteiger charge is -2.06. The van der Waals surface area contributed by atoms with Crippen molar-refractivity contribution in [3.8, 4) is 0 Å². The molecule has 0 bridgehead atoms. The summed E-state index contributed by atoms with van der Waals surface area (Å²) in [6.07, 6.45) is 2.56. The molecule has 0 aromatic carbocycles. The summed E-state index contributed by atoms with van der Waals surface area (Å²) < 4.78 is 3.87. The summed E-state index contributed by atoms with van der Waals surface area (Å²) in [7, 11) is 0. The number of hydrogen-bond acceptors (Lipinski definition) is 6. The van der Waals surface area contributed by atoms with E-state index in [-0.39, 0.29) is 6.04 Å². The fourth-order valence-electron chi connectivity index (χ4n) is 1.21. The molecule has 0 amide bonds. The zero-order valence-corrected chi connectivity index (χ0v) is 9.31. The van der Waals surface area contributed by atoms with Crippen molar-refractivity contribution >= 4 is 22.9 Å². The fraction of sp³-hybridized carbons (Fsp3) is 0.375. The van der Waals surface area contributed by atoms with Crippen molar-refractivity contribution in [2.45, 2.75) is 19.4 Å². The lowest BCUT2D eigenvalue weighted by Crippen LogP contribution is -2.12. The molecule has 14 heavy (non-hydrogen) atoms. The first-order chi connectivity index (χ1) is 6.77. The SMILES string of the molecule is Cc1nnsc1C(N)Cc1nccs1. The Bertz CT molecular complexity index is 395. The van der Waals surface area contributed by atoms with E-state index in [0.29, 0.717) is 0 Å². The van der Waals surface area contributed by atoms with E-state index in [1.807, 2.05) is 12.3 Å². The maximum absolute atomic E-state index is 6.03. The number of hydrogen-bond donors (Lipinski definition) is 1. The van der Waals surface area contributed by atoms with E-state index in [4.69, 9.17) is 5.73 Å². The highest BCUT2D eigenvalue weighted by atomic mass is 32.1. The molecule has 0 aliphatic heterocycles. The van der Waals surface area contributed by atoms with Crippen molar-refractivity contribution in [2.24, 2.45) is 5.73 Å². The summed E-state index contributed by atoms with van der Waals surface area (Å²) in [6, 6.07) is -0.0267. The van der Waals surface area contributed by atoms with Crippen molar-refractivity contribution in [1.82, 2.24) is 14.6 Å². The molecule has 4 nitrogen and oxygen atoms in total. The molecule has 0 saturated carbocycles. The standard InChI is InChI=1S/C8H10N4S2/c1-5-8(14-12-11-5)6(9)4-7-10-2-3-13-7/h2-3,6H,4,9H2,1H3. The number of thiazole rings is 1. The lowest BCUT2D eigenvalue weighted by atomic mass is 10.2. The zero-order chi connectivity index (χ0) is 9.97. The molecule has 0 spiro atoms. The minimum Gasteiger partial charge on any atom is -0.323 e. The summed E-state index contributed by atoms with van der Waals surface area (Å²) in [6.45, 7) is 1.93. The van der Waals surface area contributed by atoms with Crippen molar-refractivity contribution < 1.29 is 0 Å². The van der Waals surface area contributed by atoms with Crippen LogP contribution in [0, 0.1) is 6.92 Å². The molecule has 0 aliphatic carbocycles. The second-order valence-electron chi connectivity index (χ2n) is 2.96. The summed E-state index contributed by atoms with van der Waals surface area (Å²) in [5.41, 5.74) is 6.96. The van der Waals surface area contributed by atoms with Crippen LogP contribution in [-0.4, -0.2) is 14.6 Å². The Hall–Kier alpha value is -0.850. The quantitative estimate of drug-likeness (QED) is 0.862. The van der Waals surface area contributed by atoms with E-state index >= 15 is 0 Å². The first-order valence-electron chi connectivity index (χ1n) is 4.20. The number of aromatic nitrogens is 3. The van der Waals surface area contributed by atoms with E-state index in [0.717, 1.165) is 22.0 Å². The van der Waals surface area contributed by atoms with Gasteiger partial charge in [-0.1, -0.05) is 4.49 Å². The van der Waals surface area contributed by atoms with Crippen molar-refractivity contribution in [3.63, 3.8) is 0 Å². The van der Waals surface area contributed by atoms with Crippen LogP contribution in [0.4, 0.5) is 0 Å². The highest BCUT2D eigenvalue weighted by Crippen LogP contribution is 2.21. The number of aryl methyl sites for hydroxylation is 1. The molecule has 1 unspecified atom stereocenters. The van der Waals surface area contributed by atoms with Crippen molar-refractivity contribution in [3.05, 3.63) is 27.2 Å². The summed E-state index contributed by atoms with van der Waals surface area (Å²) in [5, 5.41) is 6.96. The van der Waals surface area contributed by atoms with E-state index in [2.05, 4.69) is 14.6 Å². The number of nitrogens with two attached hydrogens (primary N) is 1. The van der Waals surface area contributed by atoms with Gasteiger partial charge in [0.25, 0.3) is 0 Å². The third-order valence-corrected chi connectivity index (χ3v) is 3.66. The van der Waals surface area contributed by atoms with Gasteiger partial charge in [-0.2, -0.15) is 0 Å². The number of nitrogens with zero attached hydrogens (tertiary/aromatic N) is 3. The van der Waals surface area contributed by atoms with E-state index in [1.54, 1.807) is 17.5 Å². The summed E-state index contributed by atoms with van der Waals surface area (Å²) in [5.74, 6) is 0.